The molecule has 5 nitrogen and oxygen atoms in total. The van der Waals surface area contributed by atoms with Gasteiger partial charge in [0.25, 0.3) is 0 Å². The first-order chi connectivity index (χ1) is 13.9. The summed E-state index contributed by atoms with van der Waals surface area (Å²) >= 11 is 0. The Hall–Kier alpha value is -1.23. The van der Waals surface area contributed by atoms with Crippen molar-refractivity contribution in [2.75, 3.05) is 26.2 Å². The largest absolute Gasteiger partial charge is 0.573 e. The number of hydrogen-bond acceptors (Lipinski definition) is 3. The average molecular weight is 540 g/mol. The van der Waals surface area contributed by atoms with Crippen molar-refractivity contribution in [2.45, 2.75) is 63.9 Å². The number of alkyl halides is 3. The van der Waals surface area contributed by atoms with Crippen molar-refractivity contribution in [1.29, 1.82) is 0 Å². The van der Waals surface area contributed by atoms with E-state index < -0.39 is 6.36 Å². The molecule has 1 aliphatic heterocycles. The molecule has 1 saturated carbocycles. The monoisotopic (exact) mass is 540 g/mol. The van der Waals surface area contributed by atoms with Gasteiger partial charge in [0.15, 0.2) is 5.96 Å². The van der Waals surface area contributed by atoms with E-state index in [-0.39, 0.29) is 41.7 Å². The summed E-state index contributed by atoms with van der Waals surface area (Å²) in [7, 11) is 0. The van der Waals surface area contributed by atoms with Gasteiger partial charge >= 0.3 is 6.36 Å². The van der Waals surface area contributed by atoms with Gasteiger partial charge in [-0.3, -0.25) is 4.99 Å². The van der Waals surface area contributed by atoms with Gasteiger partial charge < -0.3 is 20.3 Å². The van der Waals surface area contributed by atoms with Gasteiger partial charge in [0, 0.05) is 37.6 Å². The molecule has 2 aliphatic rings. The van der Waals surface area contributed by atoms with Crippen LogP contribution in [0.3, 0.4) is 0 Å². The zero-order valence-electron chi connectivity index (χ0n) is 17.5. The number of aliphatic imine (C=N–C) groups is 1. The Bertz CT molecular complexity index is 693. The predicted molar refractivity (Wildman–Crippen MR) is 124 cm³/mol. The molecular formula is C21H32F3IN4O. The lowest BCUT2D eigenvalue weighted by molar-refractivity contribution is -0.274. The smallest absolute Gasteiger partial charge is 0.405 e. The van der Waals surface area contributed by atoms with Crippen LogP contribution in [0, 0.1) is 0 Å². The Morgan fingerprint density at radius 2 is 1.87 bits per heavy atom. The molecule has 1 saturated heterocycles. The van der Waals surface area contributed by atoms with Crippen LogP contribution in [0.2, 0.25) is 0 Å². The number of rotatable bonds is 7. The Labute approximate surface area is 193 Å². The van der Waals surface area contributed by atoms with Crippen molar-refractivity contribution >= 4 is 29.9 Å². The third kappa shape index (κ3) is 7.47. The Balaban J connectivity index is 0.00000320. The normalized spacial score (nSPS) is 22.9. The van der Waals surface area contributed by atoms with Gasteiger partial charge in [-0.15, -0.1) is 37.1 Å². The van der Waals surface area contributed by atoms with Gasteiger partial charge in [-0.1, -0.05) is 25.1 Å². The van der Waals surface area contributed by atoms with Crippen LogP contribution in [-0.4, -0.2) is 55.5 Å². The second-order valence-corrected chi connectivity index (χ2v) is 7.76. The van der Waals surface area contributed by atoms with Crippen molar-refractivity contribution in [3.63, 3.8) is 0 Å². The lowest BCUT2D eigenvalue weighted by Crippen LogP contribution is -2.49. The van der Waals surface area contributed by atoms with Gasteiger partial charge in [-0.25, -0.2) is 0 Å². The summed E-state index contributed by atoms with van der Waals surface area (Å²) in [6, 6.07) is 6.83. The average Bonchev–Trinajstić information content (AvgIpc) is 3.42. The molecule has 2 unspecified atom stereocenters. The zero-order chi connectivity index (χ0) is 20.9. The highest BCUT2D eigenvalue weighted by Crippen LogP contribution is 2.45. The minimum absolute atomic E-state index is 0. The molecule has 2 atom stereocenters. The van der Waals surface area contributed by atoms with E-state index in [2.05, 4.69) is 32.2 Å². The predicted octanol–water partition coefficient (Wildman–Crippen LogP) is 4.49. The Morgan fingerprint density at radius 3 is 2.50 bits per heavy atom. The molecule has 170 valence electrons. The highest BCUT2D eigenvalue weighted by molar-refractivity contribution is 14.0. The molecule has 1 aromatic carbocycles. The first kappa shape index (κ1) is 25.0. The molecule has 0 amide bonds. The summed E-state index contributed by atoms with van der Waals surface area (Å²) in [4.78, 5) is 7.02. The summed E-state index contributed by atoms with van der Waals surface area (Å²) in [5, 5.41) is 6.92. The lowest BCUT2D eigenvalue weighted by Gasteiger charge is -2.33. The number of guanidine groups is 1. The van der Waals surface area contributed by atoms with E-state index in [0.717, 1.165) is 44.9 Å². The van der Waals surface area contributed by atoms with Crippen LogP contribution in [0.15, 0.2) is 29.3 Å². The van der Waals surface area contributed by atoms with Gasteiger partial charge in [0.1, 0.15) is 5.75 Å². The molecule has 0 bridgehead atoms. The minimum atomic E-state index is -4.68. The summed E-state index contributed by atoms with van der Waals surface area (Å²) in [5.74, 6) is 0.631. The van der Waals surface area contributed by atoms with Crippen LogP contribution in [0.1, 0.15) is 51.0 Å². The quantitative estimate of drug-likeness (QED) is 0.304. The fraction of sp³-hybridized carbons (Fsp3) is 0.667. The maximum atomic E-state index is 12.7. The summed E-state index contributed by atoms with van der Waals surface area (Å²) in [6.45, 7) is 8.13. The molecule has 30 heavy (non-hydrogen) atoms. The van der Waals surface area contributed by atoms with Crippen LogP contribution in [-0.2, 0) is 0 Å². The second kappa shape index (κ2) is 11.4. The number of piperidine rings is 1. The van der Waals surface area contributed by atoms with Gasteiger partial charge in [0.2, 0.25) is 0 Å². The maximum absolute atomic E-state index is 12.7. The standard InChI is InChI=1S/C21H31F3N4O.HI/c1-3-11-28-12-9-15(10-13-28)26-20(25-4-2)27-18-14-17(18)16-7-5-6-8-19(16)29-21(22,23)24;/h5-8,15,17-18H,3-4,9-14H2,1-2H3,(H2,25,26,27);1H. The highest BCUT2D eigenvalue weighted by Gasteiger charge is 2.42. The molecular weight excluding hydrogens is 508 g/mol. The first-order valence-corrected chi connectivity index (χ1v) is 10.5. The van der Waals surface area contributed by atoms with Crippen molar-refractivity contribution in [3.05, 3.63) is 29.8 Å². The van der Waals surface area contributed by atoms with Gasteiger partial charge in [-0.2, -0.15) is 0 Å². The SMILES string of the molecule is CCCN1CCC(NC(=NCC)NC2CC2c2ccccc2OC(F)(F)F)CC1.I. The maximum Gasteiger partial charge on any atom is 0.573 e. The number of hydrogen-bond donors (Lipinski definition) is 2. The van der Waals surface area contributed by atoms with Crippen LogP contribution in [0.25, 0.3) is 0 Å². The highest BCUT2D eigenvalue weighted by atomic mass is 127. The minimum Gasteiger partial charge on any atom is -0.405 e. The molecule has 9 heteroatoms. The van der Waals surface area contributed by atoms with Crippen molar-refractivity contribution < 1.29 is 17.9 Å². The van der Waals surface area contributed by atoms with E-state index in [1.807, 2.05) is 6.92 Å². The molecule has 0 spiro atoms. The number of para-hydroxylation sites is 1. The number of nitrogens with one attached hydrogen (secondary N) is 2. The number of benzene rings is 1. The molecule has 1 aromatic rings. The van der Waals surface area contributed by atoms with Gasteiger partial charge in [-0.05, 0) is 50.8 Å². The van der Waals surface area contributed by atoms with E-state index in [0.29, 0.717) is 18.2 Å². The lowest BCUT2D eigenvalue weighted by atomic mass is 10.1. The number of halogens is 4. The van der Waals surface area contributed by atoms with E-state index in [9.17, 15) is 13.2 Å². The van der Waals surface area contributed by atoms with E-state index in [1.165, 1.54) is 12.5 Å². The van der Waals surface area contributed by atoms with Crippen LogP contribution in [0.5, 0.6) is 5.75 Å². The summed E-state index contributed by atoms with van der Waals surface area (Å²) in [6.07, 6.45) is -0.610. The molecule has 1 aliphatic carbocycles. The topological polar surface area (TPSA) is 48.9 Å². The fourth-order valence-electron chi connectivity index (χ4n) is 3.98. The van der Waals surface area contributed by atoms with Crippen molar-refractivity contribution in [1.82, 2.24) is 15.5 Å². The van der Waals surface area contributed by atoms with Crippen LogP contribution < -0.4 is 15.4 Å². The second-order valence-electron chi connectivity index (χ2n) is 7.76. The van der Waals surface area contributed by atoms with Gasteiger partial charge in [0.05, 0.1) is 0 Å². The number of nitrogens with zero attached hydrogens (tertiary/aromatic N) is 2. The van der Waals surface area contributed by atoms with Crippen LogP contribution >= 0.6 is 24.0 Å². The van der Waals surface area contributed by atoms with E-state index in [4.69, 9.17) is 0 Å². The van der Waals surface area contributed by atoms with Crippen molar-refractivity contribution in [3.8, 4) is 5.75 Å². The number of likely N-dealkylation sites (tertiary alicyclic amines) is 1. The summed E-state index contributed by atoms with van der Waals surface area (Å²) in [5.41, 5.74) is 0.589. The third-order valence-corrected chi connectivity index (χ3v) is 5.44. The Kier molecular flexibility index (Phi) is 9.52. The molecule has 3 rings (SSSR count). The van der Waals surface area contributed by atoms with Crippen LogP contribution in [0.4, 0.5) is 13.2 Å². The van der Waals surface area contributed by atoms with E-state index >= 15 is 0 Å². The summed E-state index contributed by atoms with van der Waals surface area (Å²) < 4.78 is 42.2. The third-order valence-electron chi connectivity index (χ3n) is 5.44. The molecule has 0 radical (unpaired) electrons. The first-order valence-electron chi connectivity index (χ1n) is 10.5. The zero-order valence-corrected chi connectivity index (χ0v) is 19.9. The molecule has 2 N–H and O–H groups in total. The Morgan fingerprint density at radius 1 is 1.17 bits per heavy atom. The molecule has 0 aromatic heterocycles. The van der Waals surface area contributed by atoms with Crippen molar-refractivity contribution in [2.24, 2.45) is 4.99 Å². The molecule has 1 heterocycles. The van der Waals surface area contributed by atoms with E-state index in [1.54, 1.807) is 18.2 Å². The number of ether oxygens (including phenoxy) is 1. The molecule has 2 fully saturated rings. The fourth-order valence-corrected chi connectivity index (χ4v) is 3.98.